The van der Waals surface area contributed by atoms with Crippen LogP contribution in [-0.2, 0) is 9.59 Å². The van der Waals surface area contributed by atoms with Crippen LogP contribution in [0.15, 0.2) is 0 Å². The minimum atomic E-state index is -0.901. The van der Waals surface area contributed by atoms with Crippen molar-refractivity contribution in [2.24, 2.45) is 0 Å². The first kappa shape index (κ1) is 63.4. The summed E-state index contributed by atoms with van der Waals surface area (Å²) in [6.07, 6.45) is 59.5. The topological polar surface area (TPSA) is 80.3 Å². The number of carbonyl (C=O) groups is 2. The summed E-state index contributed by atoms with van der Waals surface area (Å²) in [7, 11) is 0. The second-order valence-electron chi connectivity index (χ2n) is 17.2. The Morgan fingerprint density at radius 1 is 0.298 bits per heavy atom. The van der Waals surface area contributed by atoms with E-state index in [1.165, 1.54) is 250 Å². The summed E-state index contributed by atoms with van der Waals surface area (Å²) < 4.78 is 0. The number of aliphatic carboxylic acids is 2. The van der Waals surface area contributed by atoms with Gasteiger partial charge in [0.05, 0.1) is 0 Å². The molecule has 0 saturated carbocycles. The Morgan fingerprint density at radius 2 is 0.439 bits per heavy atom. The zero-order chi connectivity index (χ0) is 41.7. The third-order valence-electron chi connectivity index (χ3n) is 11.3. The van der Waals surface area contributed by atoms with E-state index in [-0.39, 0.29) is 38.2 Å². The molecule has 0 atom stereocenters. The Hall–Kier alpha value is -0.261. The van der Waals surface area contributed by atoms with E-state index in [2.05, 4.69) is 27.7 Å². The molecule has 0 aliphatic carbocycles. The number of carboxylic acids is 2. The van der Waals surface area contributed by atoms with Crippen molar-refractivity contribution < 1.29 is 21.2 Å². The van der Waals surface area contributed by atoms with Gasteiger partial charge in [-0.15, -0.1) is 0 Å². The zero-order valence-electron chi connectivity index (χ0n) is 39.4. The molecule has 0 N–H and O–H groups in total. The third kappa shape index (κ3) is 73.7. The summed E-state index contributed by atoms with van der Waals surface area (Å²) in [5.74, 6) is -1.80. The van der Waals surface area contributed by atoms with Crippen LogP contribution in [0.5, 0.6) is 0 Å². The van der Waals surface area contributed by atoms with E-state index >= 15 is 0 Å². The summed E-state index contributed by atoms with van der Waals surface area (Å²) >= 11 is 0. The van der Waals surface area contributed by atoms with Gasteiger partial charge in [0, 0.05) is 13.4 Å². The summed E-state index contributed by atoms with van der Waals surface area (Å²) in [6, 6.07) is 0. The molecular weight excluding hydrogens is 807 g/mol. The zero-order valence-corrected chi connectivity index (χ0v) is 42.2. The smallest absolute Gasteiger partial charge is 0.550 e. The molecule has 0 aromatic carbocycles. The molecule has 4 nitrogen and oxygen atoms in total. The van der Waals surface area contributed by atoms with Crippen LogP contribution in [0.2, 0.25) is 0 Å². The molecule has 5 heteroatoms. The van der Waals surface area contributed by atoms with Crippen molar-refractivity contribution in [3.8, 4) is 0 Å². The average molecular weight is 913 g/mol. The van der Waals surface area contributed by atoms with E-state index in [4.69, 9.17) is 0 Å². The van der Waals surface area contributed by atoms with E-state index < -0.39 is 11.9 Å². The number of carbonyl (C=O) groups excluding carboxylic acids is 2. The maximum Gasteiger partial charge on any atom is 2.00 e. The fraction of sp³-hybridized carbons (Fsp3) is 0.942. The van der Waals surface area contributed by atoms with Crippen LogP contribution in [-0.4, -0.2) is 35.8 Å². The second-order valence-corrected chi connectivity index (χ2v) is 17.2. The largest absolute Gasteiger partial charge is 2.00 e. The van der Waals surface area contributed by atoms with E-state index in [1.807, 2.05) is 0 Å². The summed E-state index contributed by atoms with van der Waals surface area (Å²) in [5.41, 5.74) is 0. The van der Waals surface area contributed by atoms with E-state index in [9.17, 15) is 19.8 Å². The number of hydrogen-bond acceptors (Lipinski definition) is 4. The second kappa shape index (κ2) is 62.4. The van der Waals surface area contributed by atoms with Crippen molar-refractivity contribution in [1.82, 2.24) is 0 Å². The predicted octanol–water partition coefficient (Wildman–Crippen LogP) is 16.2. The molecule has 57 heavy (non-hydrogen) atoms. The molecule has 0 aromatic rings. The Balaban J connectivity index is -0.000000264. The van der Waals surface area contributed by atoms with Gasteiger partial charge >= 0.3 is 23.9 Å². The average Bonchev–Trinajstić information content (AvgIpc) is 3.18. The van der Waals surface area contributed by atoms with Crippen LogP contribution >= 0.6 is 0 Å². The van der Waals surface area contributed by atoms with Crippen LogP contribution in [0.25, 0.3) is 0 Å². The van der Waals surface area contributed by atoms with Crippen LogP contribution in [0.3, 0.4) is 0 Å². The number of carboxylic acid groups (broad SMARTS) is 2. The first-order valence-electron chi connectivity index (χ1n) is 25.6. The first-order valence-corrected chi connectivity index (χ1v) is 25.6. The molecule has 0 rings (SSSR count). The van der Waals surface area contributed by atoms with Crippen molar-refractivity contribution in [1.29, 1.82) is 0 Å². The Morgan fingerprint density at radius 3 is 0.579 bits per heavy atom. The molecule has 341 valence electrons. The van der Waals surface area contributed by atoms with Crippen molar-refractivity contribution in [2.45, 2.75) is 316 Å². The van der Waals surface area contributed by atoms with Crippen LogP contribution < -0.4 is 10.2 Å². The Bertz CT molecular complexity index is 649. The Kier molecular flexibility index (Phi) is 69.4. The quantitative estimate of drug-likeness (QED) is 0.0450. The maximum atomic E-state index is 10.3. The van der Waals surface area contributed by atoms with Gasteiger partial charge in [0.15, 0.2) is 0 Å². The monoisotopic (exact) mass is 914 g/mol. The fourth-order valence-corrected chi connectivity index (χ4v) is 7.48. The van der Waals surface area contributed by atoms with Gasteiger partial charge in [-0.1, -0.05) is 297 Å². The minimum absolute atomic E-state index is 0. The van der Waals surface area contributed by atoms with E-state index in [0.717, 1.165) is 32.1 Å². The molecule has 0 aliphatic rings. The molecule has 0 heterocycles. The van der Waals surface area contributed by atoms with Crippen molar-refractivity contribution in [3.63, 3.8) is 0 Å². The molecular formula is C52H105O4Sn. The van der Waals surface area contributed by atoms with Gasteiger partial charge in [0.25, 0.3) is 0 Å². The molecule has 0 unspecified atom stereocenters. The van der Waals surface area contributed by atoms with Gasteiger partial charge in [-0.05, 0) is 25.7 Å². The predicted molar refractivity (Wildman–Crippen MR) is 253 cm³/mol. The van der Waals surface area contributed by atoms with E-state index in [1.54, 1.807) is 0 Å². The molecule has 0 bridgehead atoms. The van der Waals surface area contributed by atoms with Gasteiger partial charge in [-0.2, -0.15) is 0 Å². The Labute approximate surface area is 378 Å². The standard InChI is InChI=1S/2C22H44O2.C8H17.Sn.H2/c2*1-2-3-4-5-6-7-8-9-10-11-12-13-14-15-16-17-18-19-20-21-22(23)24;1-3-5-7-8-6-4-2;;/h2*2-21H2,1H3,(H,23,24);1,3-8H2,2H3;;1H/q;;;+2;/p-2. The van der Waals surface area contributed by atoms with Crippen molar-refractivity contribution in [2.75, 3.05) is 0 Å². The van der Waals surface area contributed by atoms with E-state index in [0.29, 0.717) is 0 Å². The molecule has 0 saturated heterocycles. The van der Waals surface area contributed by atoms with Gasteiger partial charge in [-0.3, -0.25) is 0 Å². The third-order valence-corrected chi connectivity index (χ3v) is 11.3. The van der Waals surface area contributed by atoms with Crippen molar-refractivity contribution in [3.05, 3.63) is 6.92 Å². The summed E-state index contributed by atoms with van der Waals surface area (Å²) in [6.45, 7) is 10.6. The van der Waals surface area contributed by atoms with Crippen LogP contribution in [0.4, 0.5) is 0 Å². The number of hydrogen-bond donors (Lipinski definition) is 0. The summed E-state index contributed by atoms with van der Waals surface area (Å²) in [5, 5.41) is 20.5. The van der Waals surface area contributed by atoms with Gasteiger partial charge in [0.2, 0.25) is 0 Å². The number of unbranched alkanes of at least 4 members (excludes halogenated alkanes) is 41. The normalized spacial score (nSPS) is 10.7. The molecule has 0 amide bonds. The van der Waals surface area contributed by atoms with Gasteiger partial charge < -0.3 is 19.8 Å². The maximum absolute atomic E-state index is 10.3. The molecule has 0 aromatic heterocycles. The molecule has 0 spiro atoms. The molecule has 0 aliphatic heterocycles. The van der Waals surface area contributed by atoms with Gasteiger partial charge in [0.1, 0.15) is 0 Å². The van der Waals surface area contributed by atoms with Gasteiger partial charge in [-0.25, -0.2) is 0 Å². The minimum Gasteiger partial charge on any atom is -0.550 e. The molecule has 3 radical (unpaired) electrons. The summed E-state index contributed by atoms with van der Waals surface area (Å²) in [4.78, 5) is 20.5. The van der Waals surface area contributed by atoms with Crippen molar-refractivity contribution >= 4 is 35.8 Å². The van der Waals surface area contributed by atoms with Crippen LogP contribution in [0, 0.1) is 6.92 Å². The number of rotatable bonds is 45. The first-order chi connectivity index (χ1) is 27.5. The SMILES string of the molecule is CCCCCCCCCCCCCCCCCCCCCC(=O)[O-].CCCCCCCCCCCCCCCCCCCCCC(=O)[O-].[CH2]CCCCCCC.[HH].[Sn+2]. The molecule has 0 fully saturated rings. The van der Waals surface area contributed by atoms with Crippen LogP contribution in [0.1, 0.15) is 318 Å². The fourth-order valence-electron chi connectivity index (χ4n) is 7.48.